The third-order valence-electron chi connectivity index (χ3n) is 13.2. The summed E-state index contributed by atoms with van der Waals surface area (Å²) in [5, 5.41) is 7.17. The van der Waals surface area contributed by atoms with Crippen LogP contribution < -0.4 is 10.6 Å². The van der Waals surface area contributed by atoms with E-state index in [1.807, 2.05) is 14.1 Å². The van der Waals surface area contributed by atoms with E-state index in [1.165, 1.54) is 19.3 Å². The highest BCUT2D eigenvalue weighted by molar-refractivity contribution is 5.87. The van der Waals surface area contributed by atoms with Crippen molar-refractivity contribution in [3.63, 3.8) is 0 Å². The quantitative estimate of drug-likeness (QED) is 0.558. The lowest BCUT2D eigenvalue weighted by Crippen LogP contribution is -2.60. The summed E-state index contributed by atoms with van der Waals surface area (Å²) in [6.07, 6.45) is 10.7. The molecule has 0 aromatic carbocycles. The number of ketones is 1. The summed E-state index contributed by atoms with van der Waals surface area (Å²) in [7, 11) is 4.04. The van der Waals surface area contributed by atoms with Gasteiger partial charge in [-0.25, -0.2) is 0 Å². The average molecular weight is 528 g/mol. The summed E-state index contributed by atoms with van der Waals surface area (Å²) in [5.74, 6) is 4.37. The van der Waals surface area contributed by atoms with Crippen LogP contribution in [0.2, 0.25) is 0 Å². The van der Waals surface area contributed by atoms with E-state index in [4.69, 9.17) is 4.74 Å². The molecule has 0 bridgehead atoms. The van der Waals surface area contributed by atoms with Crippen LogP contribution >= 0.6 is 0 Å². The second kappa shape index (κ2) is 9.55. The van der Waals surface area contributed by atoms with Gasteiger partial charge in [0.25, 0.3) is 0 Å². The summed E-state index contributed by atoms with van der Waals surface area (Å²) in [5.41, 5.74) is -0.233. The van der Waals surface area contributed by atoms with Crippen LogP contribution in [0.1, 0.15) is 91.9 Å². The van der Waals surface area contributed by atoms with Gasteiger partial charge in [-0.05, 0) is 100 Å². The van der Waals surface area contributed by atoms with Gasteiger partial charge in [0.15, 0.2) is 0 Å². The van der Waals surface area contributed by atoms with E-state index in [9.17, 15) is 9.59 Å². The molecule has 1 spiro atoms. The Labute approximate surface area is 230 Å². The molecule has 0 aromatic heterocycles. The minimum absolute atomic E-state index is 0.191. The lowest BCUT2D eigenvalue weighted by Gasteiger charge is -2.60. The topological polar surface area (TPSA) is 70.7 Å². The number of nitrogens with zero attached hydrogens (tertiary/aromatic N) is 1. The second-order valence-electron chi connectivity index (χ2n) is 15.3. The first-order valence-corrected chi connectivity index (χ1v) is 15.9. The Morgan fingerprint density at radius 2 is 1.87 bits per heavy atom. The molecule has 0 aromatic rings. The van der Waals surface area contributed by atoms with Gasteiger partial charge in [0.1, 0.15) is 11.5 Å². The molecule has 2 heterocycles. The van der Waals surface area contributed by atoms with Crippen LogP contribution in [0.25, 0.3) is 0 Å². The number of amides is 1. The van der Waals surface area contributed by atoms with Crippen LogP contribution in [0.3, 0.4) is 0 Å². The first kappa shape index (κ1) is 27.2. The van der Waals surface area contributed by atoms with E-state index in [1.54, 1.807) is 0 Å². The van der Waals surface area contributed by atoms with Crippen LogP contribution in [0.4, 0.5) is 0 Å². The molecular weight excluding hydrogens is 474 g/mol. The van der Waals surface area contributed by atoms with Crippen molar-refractivity contribution in [3.05, 3.63) is 0 Å². The minimum Gasteiger partial charge on any atom is -0.357 e. The SMILES string of the molecule is C[C@@H]1CC[C@@]2(NC1)O[C@H]1C[C@H]3[C@@H]4CC[C@H]5C[C@H](NC(=O)CCN(C)C)CC[C@]5(C)[C@H]4CC(=O)[C@]3(C)[C@H]1[C@@H]2C. The fourth-order valence-electron chi connectivity index (χ4n) is 10.9. The van der Waals surface area contributed by atoms with Gasteiger partial charge in [-0.2, -0.15) is 0 Å². The van der Waals surface area contributed by atoms with Gasteiger partial charge in [-0.3, -0.25) is 14.9 Å². The summed E-state index contributed by atoms with van der Waals surface area (Å²) in [6.45, 7) is 11.4. The maximum atomic E-state index is 14.3. The molecule has 2 saturated heterocycles. The van der Waals surface area contributed by atoms with Gasteiger partial charge in [0.05, 0.1) is 6.10 Å². The second-order valence-corrected chi connectivity index (χ2v) is 15.3. The Hall–Kier alpha value is -0.980. The lowest BCUT2D eigenvalue weighted by atomic mass is 9.44. The Morgan fingerprint density at radius 3 is 2.58 bits per heavy atom. The molecule has 6 rings (SSSR count). The highest BCUT2D eigenvalue weighted by Gasteiger charge is 2.71. The summed E-state index contributed by atoms with van der Waals surface area (Å²) < 4.78 is 6.97. The smallest absolute Gasteiger partial charge is 0.221 e. The van der Waals surface area contributed by atoms with Gasteiger partial charge >= 0.3 is 0 Å². The number of hydrogen-bond acceptors (Lipinski definition) is 5. The Kier molecular flexibility index (Phi) is 6.83. The standard InChI is InChI=1S/C32H53N3O3/c1-19-9-13-32(33-18-19)20(2)29-26(38-32)16-25-23-8-7-21-15-22(34-28(37)11-14-35(5)6)10-12-30(21,3)24(23)17-27(36)31(25,29)4/h19-26,29,33H,7-18H2,1-6H3,(H,34,37)/t19-,20+,21+,22-,23-,24+,25+,26+,29+,30+,31-,32-/m1/s1. The molecule has 4 saturated carbocycles. The van der Waals surface area contributed by atoms with Crippen LogP contribution in [-0.2, 0) is 14.3 Å². The normalized spacial score (nSPS) is 51.9. The average Bonchev–Trinajstić information content (AvgIpc) is 3.32. The monoisotopic (exact) mass is 527 g/mol. The minimum atomic E-state index is -0.236. The third kappa shape index (κ3) is 4.05. The molecule has 4 aliphatic carbocycles. The number of ether oxygens (including phenoxy) is 1. The van der Waals surface area contributed by atoms with Gasteiger partial charge < -0.3 is 15.0 Å². The molecule has 2 N–H and O–H groups in total. The molecule has 6 aliphatic rings. The maximum absolute atomic E-state index is 14.3. The van der Waals surface area contributed by atoms with Crippen LogP contribution in [-0.4, -0.2) is 61.6 Å². The highest BCUT2D eigenvalue weighted by atomic mass is 16.5. The zero-order valence-corrected chi connectivity index (χ0v) is 24.9. The van der Waals surface area contributed by atoms with Gasteiger partial charge in [-0.1, -0.05) is 27.7 Å². The number of piperidine rings is 1. The first-order chi connectivity index (χ1) is 18.0. The molecule has 0 radical (unpaired) electrons. The lowest BCUT2D eigenvalue weighted by molar-refractivity contribution is -0.160. The summed E-state index contributed by atoms with van der Waals surface area (Å²) in [4.78, 5) is 28.9. The van der Waals surface area contributed by atoms with E-state index >= 15 is 0 Å². The molecule has 6 nitrogen and oxygen atoms in total. The largest absolute Gasteiger partial charge is 0.357 e. The number of Topliss-reactive ketones (excluding diaryl/α,β-unsaturated/α-hetero) is 1. The highest BCUT2D eigenvalue weighted by Crippen LogP contribution is 2.70. The van der Waals surface area contributed by atoms with E-state index in [0.717, 1.165) is 51.6 Å². The van der Waals surface area contributed by atoms with E-state index in [0.29, 0.717) is 59.7 Å². The number of carbonyl (C=O) groups is 2. The molecular formula is C32H53N3O3. The van der Waals surface area contributed by atoms with Crippen molar-refractivity contribution < 1.29 is 14.3 Å². The van der Waals surface area contributed by atoms with Crippen LogP contribution in [0, 0.1) is 52.3 Å². The van der Waals surface area contributed by atoms with Crippen LogP contribution in [0.5, 0.6) is 0 Å². The zero-order chi connectivity index (χ0) is 27.0. The van der Waals surface area contributed by atoms with Gasteiger partial charge in [0.2, 0.25) is 5.91 Å². The predicted octanol–water partition coefficient (Wildman–Crippen LogP) is 4.62. The molecule has 214 valence electrons. The number of fused-ring (bicyclic) bond motifs is 7. The molecule has 1 amide bonds. The number of hydrogen-bond donors (Lipinski definition) is 2. The molecule has 12 atom stereocenters. The molecule has 6 heteroatoms. The first-order valence-electron chi connectivity index (χ1n) is 15.9. The van der Waals surface area contributed by atoms with Crippen molar-refractivity contribution in [2.75, 3.05) is 27.2 Å². The van der Waals surface area contributed by atoms with E-state index in [2.05, 4.69) is 43.2 Å². The number of rotatable bonds is 4. The fourth-order valence-corrected chi connectivity index (χ4v) is 10.9. The van der Waals surface area contributed by atoms with E-state index < -0.39 is 0 Å². The van der Waals surface area contributed by atoms with Gasteiger partial charge in [0, 0.05) is 49.2 Å². The zero-order valence-electron chi connectivity index (χ0n) is 24.9. The third-order valence-corrected chi connectivity index (χ3v) is 13.2. The maximum Gasteiger partial charge on any atom is 0.221 e. The van der Waals surface area contributed by atoms with Gasteiger partial charge in [-0.15, -0.1) is 0 Å². The van der Waals surface area contributed by atoms with Crippen molar-refractivity contribution >= 4 is 11.7 Å². The Morgan fingerprint density at radius 1 is 1.08 bits per heavy atom. The fraction of sp³-hybridized carbons (Fsp3) is 0.938. The van der Waals surface area contributed by atoms with Crippen molar-refractivity contribution in [1.29, 1.82) is 0 Å². The van der Waals surface area contributed by atoms with Crippen molar-refractivity contribution in [1.82, 2.24) is 15.5 Å². The number of nitrogens with one attached hydrogen (secondary N) is 2. The summed E-state index contributed by atoms with van der Waals surface area (Å²) >= 11 is 0. The summed E-state index contributed by atoms with van der Waals surface area (Å²) in [6, 6.07) is 0.297. The number of carbonyl (C=O) groups excluding carboxylic acids is 2. The van der Waals surface area contributed by atoms with Crippen molar-refractivity contribution in [2.45, 2.75) is 110 Å². The molecule has 0 unspecified atom stereocenters. The van der Waals surface area contributed by atoms with Crippen molar-refractivity contribution in [3.8, 4) is 0 Å². The Balaban J connectivity index is 1.16. The van der Waals surface area contributed by atoms with E-state index in [-0.39, 0.29) is 28.6 Å². The molecule has 2 aliphatic heterocycles. The van der Waals surface area contributed by atoms with Crippen LogP contribution in [0.15, 0.2) is 0 Å². The molecule has 6 fully saturated rings. The predicted molar refractivity (Wildman–Crippen MR) is 149 cm³/mol. The van der Waals surface area contributed by atoms with Crippen molar-refractivity contribution in [2.24, 2.45) is 52.3 Å². The molecule has 38 heavy (non-hydrogen) atoms. The Bertz CT molecular complexity index is 944.